The van der Waals surface area contributed by atoms with Gasteiger partial charge in [-0.2, -0.15) is 0 Å². The van der Waals surface area contributed by atoms with Crippen LogP contribution < -0.4 is 10.2 Å². The maximum absolute atomic E-state index is 13.0. The monoisotopic (exact) mass is 1100 g/mol. The molecule has 78 heavy (non-hydrogen) atoms. The summed E-state index contributed by atoms with van der Waals surface area (Å²) in [5.41, 5.74) is 0. The molecule has 0 aliphatic carbocycles. The van der Waals surface area contributed by atoms with Crippen molar-refractivity contribution in [3.8, 4) is 0 Å². The molecule has 3 atom stereocenters. The number of phosphoric acid groups is 1. The molecule has 0 spiro atoms. The first-order valence-electron chi connectivity index (χ1n) is 31.2. The first kappa shape index (κ1) is 74.4. The molecule has 8 nitrogen and oxygen atoms in total. The van der Waals surface area contributed by atoms with Gasteiger partial charge in [0.05, 0.1) is 39.9 Å². The van der Waals surface area contributed by atoms with Crippen molar-refractivity contribution in [1.29, 1.82) is 0 Å². The third-order valence-corrected chi connectivity index (χ3v) is 14.1. The van der Waals surface area contributed by atoms with Gasteiger partial charge >= 0.3 is 0 Å². The average molecular weight is 1100 g/mol. The highest BCUT2D eigenvalue weighted by molar-refractivity contribution is 7.45. The molecule has 444 valence electrons. The molecule has 0 aliphatic heterocycles. The summed E-state index contributed by atoms with van der Waals surface area (Å²) in [6.45, 7) is 4.57. The van der Waals surface area contributed by atoms with Gasteiger partial charge in [-0.05, 0) is 103 Å². The summed E-state index contributed by atoms with van der Waals surface area (Å²) in [6, 6.07) is -0.835. The fourth-order valence-corrected chi connectivity index (χ4v) is 8.98. The van der Waals surface area contributed by atoms with Crippen molar-refractivity contribution < 1.29 is 32.9 Å². The van der Waals surface area contributed by atoms with Crippen LogP contribution in [0.15, 0.2) is 146 Å². The Balaban J connectivity index is 4.24. The molecule has 3 unspecified atom stereocenters. The fourth-order valence-electron chi connectivity index (χ4n) is 8.26. The summed E-state index contributed by atoms with van der Waals surface area (Å²) in [5.74, 6) is -0.212. The van der Waals surface area contributed by atoms with E-state index in [0.717, 1.165) is 109 Å². The molecular formula is C69H117N2O6P. The molecule has 0 aromatic rings. The minimum absolute atomic E-state index is 0.00397. The van der Waals surface area contributed by atoms with Crippen LogP contribution >= 0.6 is 7.82 Å². The van der Waals surface area contributed by atoms with Crippen LogP contribution in [0.25, 0.3) is 0 Å². The van der Waals surface area contributed by atoms with Gasteiger partial charge in [-0.3, -0.25) is 9.36 Å². The van der Waals surface area contributed by atoms with Crippen molar-refractivity contribution >= 4 is 13.7 Å². The van der Waals surface area contributed by atoms with Crippen molar-refractivity contribution in [2.24, 2.45) is 0 Å². The van der Waals surface area contributed by atoms with Crippen molar-refractivity contribution in [3.05, 3.63) is 146 Å². The number of rotatable bonds is 55. The Hall–Kier alpha value is -3.62. The number of hydrogen-bond acceptors (Lipinski definition) is 6. The largest absolute Gasteiger partial charge is 0.756 e. The van der Waals surface area contributed by atoms with Crippen molar-refractivity contribution in [2.45, 2.75) is 244 Å². The second-order valence-corrected chi connectivity index (χ2v) is 23.1. The topological polar surface area (TPSA) is 108 Å². The van der Waals surface area contributed by atoms with E-state index in [4.69, 9.17) is 9.05 Å². The van der Waals surface area contributed by atoms with Crippen LogP contribution in [-0.4, -0.2) is 68.5 Å². The lowest BCUT2D eigenvalue weighted by molar-refractivity contribution is -0.870. The molecule has 0 bridgehead atoms. The SMILES string of the molecule is CC/C=C\C/C=C\C/C=C\C/C=C\C/C=C\C/C=C\C/C=C\C/C=C\C/C=C\C/C=C\C/C=C\C/C=C\CCCCC(=O)NC(COP(=O)([O-])OCC[N+](C)(C)C)C(O)CCCCCCCCCCCCCCCCCCC. The van der Waals surface area contributed by atoms with E-state index >= 15 is 0 Å². The summed E-state index contributed by atoms with van der Waals surface area (Å²) < 4.78 is 23.4. The quantitative estimate of drug-likeness (QED) is 0.0272. The number of phosphoric ester groups is 1. The van der Waals surface area contributed by atoms with Crippen LogP contribution in [0.4, 0.5) is 0 Å². The van der Waals surface area contributed by atoms with Gasteiger partial charge in [-0.15, -0.1) is 0 Å². The first-order chi connectivity index (χ1) is 38.0. The Labute approximate surface area is 480 Å². The molecule has 9 heteroatoms. The van der Waals surface area contributed by atoms with Crippen LogP contribution in [0, 0.1) is 0 Å². The number of quaternary nitrogens is 1. The number of aliphatic hydroxyl groups excluding tert-OH is 1. The molecule has 2 N–H and O–H groups in total. The zero-order chi connectivity index (χ0) is 57.0. The van der Waals surface area contributed by atoms with E-state index in [1.54, 1.807) is 0 Å². The second-order valence-electron chi connectivity index (χ2n) is 21.7. The summed E-state index contributed by atoms with van der Waals surface area (Å²) in [6.07, 6.45) is 88.9. The number of nitrogens with one attached hydrogen (secondary N) is 1. The van der Waals surface area contributed by atoms with E-state index in [-0.39, 0.29) is 19.1 Å². The number of allylic oxidation sites excluding steroid dienone is 24. The van der Waals surface area contributed by atoms with E-state index in [1.807, 2.05) is 21.1 Å². The van der Waals surface area contributed by atoms with Crippen molar-refractivity contribution in [1.82, 2.24) is 5.32 Å². The number of amides is 1. The summed E-state index contributed by atoms with van der Waals surface area (Å²) >= 11 is 0. The second kappa shape index (κ2) is 58.0. The normalized spacial score (nSPS) is 14.8. The Morgan fingerprint density at radius 2 is 0.782 bits per heavy atom. The number of carbonyl (C=O) groups excluding carboxylic acids is 1. The van der Waals surface area contributed by atoms with Gasteiger partial charge in [0.15, 0.2) is 0 Å². The van der Waals surface area contributed by atoms with Crippen molar-refractivity contribution in [3.63, 3.8) is 0 Å². The number of carbonyl (C=O) groups is 1. The van der Waals surface area contributed by atoms with Gasteiger partial charge in [-0.25, -0.2) is 0 Å². The maximum atomic E-state index is 13.0. The van der Waals surface area contributed by atoms with Gasteiger partial charge in [0.1, 0.15) is 13.2 Å². The number of nitrogens with zero attached hydrogens (tertiary/aromatic N) is 1. The molecule has 0 radical (unpaired) electrons. The van der Waals surface area contributed by atoms with E-state index in [0.29, 0.717) is 30.3 Å². The summed E-state index contributed by atoms with van der Waals surface area (Å²) in [4.78, 5) is 25.5. The summed E-state index contributed by atoms with van der Waals surface area (Å²) in [7, 11) is 1.26. The van der Waals surface area contributed by atoms with E-state index < -0.39 is 20.0 Å². The van der Waals surface area contributed by atoms with Gasteiger partial charge in [0, 0.05) is 6.42 Å². The third-order valence-electron chi connectivity index (χ3n) is 13.1. The van der Waals surface area contributed by atoms with Crippen LogP contribution in [0.1, 0.15) is 232 Å². The highest BCUT2D eigenvalue weighted by Gasteiger charge is 2.24. The molecule has 1 amide bonds. The minimum Gasteiger partial charge on any atom is -0.756 e. The lowest BCUT2D eigenvalue weighted by Gasteiger charge is -2.30. The Morgan fingerprint density at radius 3 is 1.12 bits per heavy atom. The highest BCUT2D eigenvalue weighted by atomic mass is 31.2. The van der Waals surface area contributed by atoms with Gasteiger partial charge in [-0.1, -0.05) is 269 Å². The molecule has 0 heterocycles. The molecule has 0 rings (SSSR count). The van der Waals surface area contributed by atoms with E-state index in [9.17, 15) is 19.4 Å². The zero-order valence-electron chi connectivity index (χ0n) is 50.6. The first-order valence-corrected chi connectivity index (χ1v) is 32.6. The molecule has 0 fully saturated rings. The number of likely N-dealkylation sites (N-methyl/N-ethyl adjacent to an activating group) is 1. The average Bonchev–Trinajstić information content (AvgIpc) is 3.40. The van der Waals surface area contributed by atoms with Crippen LogP contribution in [-0.2, 0) is 18.4 Å². The van der Waals surface area contributed by atoms with Crippen LogP contribution in [0.2, 0.25) is 0 Å². The van der Waals surface area contributed by atoms with Gasteiger partial charge in [0.25, 0.3) is 7.82 Å². The van der Waals surface area contributed by atoms with Gasteiger partial charge < -0.3 is 28.8 Å². The van der Waals surface area contributed by atoms with E-state index in [1.165, 1.54) is 89.9 Å². The number of aliphatic hydroxyl groups is 1. The summed E-state index contributed by atoms with van der Waals surface area (Å²) in [5, 5.41) is 14.0. The Morgan fingerprint density at radius 1 is 0.462 bits per heavy atom. The van der Waals surface area contributed by atoms with Crippen LogP contribution in [0.5, 0.6) is 0 Å². The zero-order valence-corrected chi connectivity index (χ0v) is 51.5. The highest BCUT2D eigenvalue weighted by Crippen LogP contribution is 2.38. The standard InChI is InChI=1S/C69H117N2O6P/c1-6-8-10-12-14-16-18-20-22-24-25-26-27-28-29-30-31-32-33-34-35-36-37-38-39-40-41-42-43-44-45-47-49-51-53-55-57-59-61-63-69(73)70-67(66-77-78(74,75)76-65-64-71(3,4)5)68(72)62-60-58-56-54-52-50-48-46-23-21-19-17-15-13-11-9-7-2/h8,10,14,16,20,22,25-26,28-29,31-32,34-35,37-38,40-41,43-44,47,49,53,55,67-68,72H,6-7,9,11-13,15,17-19,21,23-24,27,30,33,36,39,42,45-46,48,50-52,54,56-66H2,1-5H3,(H-,70,73,74,75)/b10-8-,16-14-,22-20-,26-25-,29-28-,32-31-,35-34-,38-37-,41-40-,44-43-,49-47-,55-53-. The lowest BCUT2D eigenvalue weighted by Crippen LogP contribution is -2.46. The number of hydrogen-bond donors (Lipinski definition) is 2. The minimum atomic E-state index is -4.60. The lowest BCUT2D eigenvalue weighted by atomic mass is 10.0. The predicted molar refractivity (Wildman–Crippen MR) is 338 cm³/mol. The Bertz CT molecular complexity index is 1780. The predicted octanol–water partition coefficient (Wildman–Crippen LogP) is 19.0. The molecule has 0 aromatic heterocycles. The van der Waals surface area contributed by atoms with Crippen molar-refractivity contribution in [2.75, 3.05) is 40.9 Å². The van der Waals surface area contributed by atoms with E-state index in [2.05, 4.69) is 165 Å². The molecular weight excluding hydrogens is 984 g/mol. The molecule has 0 saturated heterocycles. The molecule has 0 saturated carbocycles. The molecule has 0 aromatic carbocycles. The Kier molecular flexibility index (Phi) is 55.4. The van der Waals surface area contributed by atoms with Gasteiger partial charge in [0.2, 0.25) is 5.91 Å². The third kappa shape index (κ3) is 60.0. The molecule has 0 aliphatic rings. The maximum Gasteiger partial charge on any atom is 0.268 e. The fraction of sp³-hybridized carbons (Fsp3) is 0.638. The number of unbranched alkanes of at least 4 members (excludes halogenated alkanes) is 18. The van der Waals surface area contributed by atoms with Crippen LogP contribution in [0.3, 0.4) is 0 Å². The smallest absolute Gasteiger partial charge is 0.268 e.